The number of nitriles is 2. The zero-order valence-electron chi connectivity index (χ0n) is 18.5. The van der Waals surface area contributed by atoms with Crippen LogP contribution in [-0.4, -0.2) is 27.0 Å². The molecule has 1 aliphatic heterocycles. The summed E-state index contributed by atoms with van der Waals surface area (Å²) in [6.45, 7) is 2.04. The molecule has 0 spiro atoms. The van der Waals surface area contributed by atoms with Gasteiger partial charge in [-0.3, -0.25) is 0 Å². The minimum Gasteiger partial charge on any atom is -0.494 e. The Morgan fingerprint density at radius 2 is 1.63 bits per heavy atom. The molecule has 2 unspecified atom stereocenters. The highest BCUT2D eigenvalue weighted by Crippen LogP contribution is 2.51. The molecule has 3 amide bonds. The number of benzene rings is 3. The molecule has 0 saturated heterocycles. The maximum Gasteiger partial charge on any atom is 0.442 e. The third kappa shape index (κ3) is 3.36. The summed E-state index contributed by atoms with van der Waals surface area (Å²) in [7, 11) is -4.79. The van der Waals surface area contributed by atoms with E-state index in [0.717, 1.165) is 12.1 Å². The van der Waals surface area contributed by atoms with E-state index in [0.29, 0.717) is 11.3 Å². The van der Waals surface area contributed by atoms with E-state index in [1.165, 1.54) is 30.3 Å². The Morgan fingerprint density at radius 3 is 2.23 bits per heavy atom. The lowest BCUT2D eigenvalue weighted by molar-refractivity contribution is -0.123. The van der Waals surface area contributed by atoms with Gasteiger partial charge in [0.15, 0.2) is 5.69 Å². The number of amides is 3. The van der Waals surface area contributed by atoms with Crippen LogP contribution >= 0.6 is 0 Å². The average Bonchev–Trinajstić information content (AvgIpc) is 3.13. The number of para-hydroxylation sites is 1. The first-order chi connectivity index (χ1) is 16.7. The van der Waals surface area contributed by atoms with Crippen LogP contribution in [0.2, 0.25) is 0 Å². The molecule has 4 rings (SSSR count). The molecule has 0 aliphatic carbocycles. The van der Waals surface area contributed by atoms with Crippen LogP contribution in [0.4, 0.5) is 10.5 Å². The fourth-order valence-electron chi connectivity index (χ4n) is 4.34. The van der Waals surface area contributed by atoms with Crippen molar-refractivity contribution in [3.63, 3.8) is 0 Å². The fourth-order valence-corrected chi connectivity index (χ4v) is 6.14. The van der Waals surface area contributed by atoms with E-state index in [2.05, 4.69) is 0 Å². The van der Waals surface area contributed by atoms with Gasteiger partial charge < -0.3 is 10.5 Å². The van der Waals surface area contributed by atoms with E-state index in [4.69, 9.17) is 15.7 Å². The number of sulfonamides is 1. The number of nitrogens with zero attached hydrogens (tertiary/aromatic N) is 3. The van der Waals surface area contributed by atoms with E-state index < -0.39 is 31.8 Å². The lowest BCUT2D eigenvalue weighted by atomic mass is 9.91. The number of hydrogen-bond acceptors (Lipinski definition) is 7. The molecular weight excluding hydrogens is 468 g/mol. The summed E-state index contributed by atoms with van der Waals surface area (Å²) in [6.07, 6.45) is 0. The SMILES string of the molecule is CCOc1ccccc1C1C(=O)[N+](C(N)=O)(S(=O)(=O)c2ccc(C#N)cc2)c2ccc(C#N)cc21. The first kappa shape index (κ1) is 23.6. The summed E-state index contributed by atoms with van der Waals surface area (Å²) in [5, 5.41) is 18.5. The number of urea groups is 1. The number of fused-ring (bicyclic) bond motifs is 1. The molecule has 174 valence electrons. The van der Waals surface area contributed by atoms with Crippen LogP contribution in [-0.2, 0) is 14.8 Å². The van der Waals surface area contributed by atoms with E-state index in [9.17, 15) is 23.3 Å². The van der Waals surface area contributed by atoms with Crippen LogP contribution in [0.5, 0.6) is 5.75 Å². The van der Waals surface area contributed by atoms with Crippen LogP contribution in [0.3, 0.4) is 0 Å². The van der Waals surface area contributed by atoms with E-state index in [1.807, 2.05) is 12.1 Å². The summed E-state index contributed by atoms with van der Waals surface area (Å²) in [5.41, 5.74) is 6.42. The van der Waals surface area contributed by atoms with Gasteiger partial charge in [-0.05, 0) is 53.3 Å². The van der Waals surface area contributed by atoms with E-state index >= 15 is 0 Å². The molecule has 0 bridgehead atoms. The molecule has 3 aromatic rings. The predicted octanol–water partition coefficient (Wildman–Crippen LogP) is 3.28. The van der Waals surface area contributed by atoms with Crippen LogP contribution < -0.4 is 14.4 Å². The number of imide groups is 1. The van der Waals surface area contributed by atoms with Crippen molar-refractivity contribution in [2.45, 2.75) is 17.7 Å². The average molecular weight is 488 g/mol. The molecule has 2 atom stereocenters. The molecule has 9 nitrogen and oxygen atoms in total. The van der Waals surface area contributed by atoms with Crippen LogP contribution in [0.25, 0.3) is 0 Å². The topological polar surface area (TPSA) is 151 Å². The highest BCUT2D eigenvalue weighted by molar-refractivity contribution is 7.92. The Balaban J connectivity index is 2.07. The molecule has 0 radical (unpaired) electrons. The summed E-state index contributed by atoms with van der Waals surface area (Å²) < 4.78 is 31.8. The summed E-state index contributed by atoms with van der Waals surface area (Å²) in [5.74, 6) is -1.93. The van der Waals surface area contributed by atoms with Gasteiger partial charge in [0.1, 0.15) is 16.6 Å². The summed E-state index contributed by atoms with van der Waals surface area (Å²) >= 11 is 0. The fraction of sp³-hybridized carbons (Fsp3) is 0.120. The first-order valence-electron chi connectivity index (χ1n) is 10.5. The summed E-state index contributed by atoms with van der Waals surface area (Å²) in [4.78, 5) is 26.8. The van der Waals surface area contributed by atoms with Crippen molar-refractivity contribution in [2.24, 2.45) is 5.73 Å². The maximum atomic E-state index is 14.1. The molecule has 35 heavy (non-hydrogen) atoms. The minimum atomic E-state index is -4.79. The Hall–Kier alpha value is -4.51. The molecule has 0 saturated carbocycles. The van der Waals surface area contributed by atoms with Gasteiger partial charge in [0.2, 0.25) is 0 Å². The quantitative estimate of drug-likeness (QED) is 0.542. The number of carbonyl (C=O) groups is 2. The van der Waals surface area contributed by atoms with Gasteiger partial charge in [-0.2, -0.15) is 18.9 Å². The largest absolute Gasteiger partial charge is 0.494 e. The molecule has 0 fully saturated rings. The molecule has 10 heteroatoms. The number of ether oxygens (including phenoxy) is 1. The first-order valence-corrected chi connectivity index (χ1v) is 11.9. The number of hydrogen-bond donors (Lipinski definition) is 1. The molecule has 1 heterocycles. The molecule has 2 N–H and O–H groups in total. The number of rotatable bonds is 5. The second-order valence-electron chi connectivity index (χ2n) is 7.69. The van der Waals surface area contributed by atoms with Crippen molar-refractivity contribution >= 4 is 27.6 Å². The molecular formula is C25H19N4O5S+. The van der Waals surface area contributed by atoms with Crippen molar-refractivity contribution in [3.8, 4) is 17.9 Å². The van der Waals surface area contributed by atoms with Crippen molar-refractivity contribution in [3.05, 3.63) is 89.0 Å². The second kappa shape index (κ2) is 8.69. The normalized spacial score (nSPS) is 18.8. The van der Waals surface area contributed by atoms with Crippen LogP contribution in [0, 0.1) is 22.7 Å². The number of primary amides is 1. The van der Waals surface area contributed by atoms with Crippen molar-refractivity contribution in [1.29, 1.82) is 10.5 Å². The highest BCUT2D eigenvalue weighted by atomic mass is 32.2. The third-order valence-corrected chi connectivity index (χ3v) is 7.99. The monoisotopic (exact) mass is 487 g/mol. The van der Waals surface area contributed by atoms with Gasteiger partial charge in [-0.15, -0.1) is 0 Å². The standard InChI is InChI=1S/C25H18N4O5S/c1-2-34-22-6-4-3-5-19(22)23-20-13-17(15-27)9-12-21(20)29(24(23)30,25(28)31)35(32,33)18-10-7-16(14-26)8-11-18/h3-13,23H,2H2,1H3,(H-,28,31)/p+1. The lowest BCUT2D eigenvalue weighted by Crippen LogP contribution is -2.63. The van der Waals surface area contributed by atoms with Gasteiger partial charge in [-0.25, -0.2) is 9.59 Å². The van der Waals surface area contributed by atoms with Gasteiger partial charge >= 0.3 is 22.0 Å². The van der Waals surface area contributed by atoms with E-state index in [1.54, 1.807) is 31.2 Å². The van der Waals surface area contributed by atoms with Gasteiger partial charge in [0.05, 0.1) is 29.9 Å². The minimum absolute atomic E-state index is 0.164. The number of carbonyl (C=O) groups excluding carboxylic acids is 2. The molecule has 1 aliphatic rings. The van der Waals surface area contributed by atoms with Gasteiger partial charge in [0.25, 0.3) is 0 Å². The Bertz CT molecular complexity index is 1550. The maximum absolute atomic E-state index is 14.1. The Morgan fingerprint density at radius 1 is 1.00 bits per heavy atom. The zero-order valence-corrected chi connectivity index (χ0v) is 19.3. The van der Waals surface area contributed by atoms with Gasteiger partial charge in [0, 0.05) is 17.2 Å². The highest BCUT2D eigenvalue weighted by Gasteiger charge is 2.66. The van der Waals surface area contributed by atoms with Crippen molar-refractivity contribution in [2.75, 3.05) is 6.61 Å². The lowest BCUT2D eigenvalue weighted by Gasteiger charge is -2.26. The second-order valence-corrected chi connectivity index (χ2v) is 9.66. The Labute approximate surface area is 201 Å². The number of quaternary nitrogens is 1. The third-order valence-electron chi connectivity index (χ3n) is 5.85. The van der Waals surface area contributed by atoms with Crippen LogP contribution in [0.1, 0.15) is 35.1 Å². The Kier molecular flexibility index (Phi) is 5.87. The van der Waals surface area contributed by atoms with Gasteiger partial charge in [-0.1, -0.05) is 18.2 Å². The van der Waals surface area contributed by atoms with Crippen LogP contribution in [0.15, 0.2) is 71.6 Å². The smallest absolute Gasteiger partial charge is 0.442 e. The van der Waals surface area contributed by atoms with Crippen molar-refractivity contribution in [1.82, 2.24) is 3.89 Å². The molecule has 0 aromatic heterocycles. The molecule has 3 aromatic carbocycles. The van der Waals surface area contributed by atoms with E-state index in [-0.39, 0.29) is 33.9 Å². The van der Waals surface area contributed by atoms with Crippen molar-refractivity contribution < 1.29 is 22.7 Å². The summed E-state index contributed by atoms with van der Waals surface area (Å²) in [6, 6.07) is 17.9. The zero-order chi connectivity index (χ0) is 25.4. The number of nitrogens with two attached hydrogens (primary N) is 1. The predicted molar refractivity (Wildman–Crippen MR) is 125 cm³/mol.